The Morgan fingerprint density at radius 1 is 1.23 bits per heavy atom. The number of nitrogens with one attached hydrogen (secondary N) is 2. The van der Waals surface area contributed by atoms with E-state index in [0.29, 0.717) is 12.1 Å². The smallest absolute Gasteiger partial charge is 0.257 e. The van der Waals surface area contributed by atoms with Gasteiger partial charge in [0, 0.05) is 0 Å². The Bertz CT molecular complexity index is 808. The third-order valence-corrected chi connectivity index (χ3v) is 6.13. The van der Waals surface area contributed by atoms with E-state index in [9.17, 15) is 30.4 Å². The lowest BCUT2D eigenvalue weighted by Crippen LogP contribution is -2.44. The average molecular weight is 354 g/mol. The molecule has 0 saturated carbocycles. The summed E-state index contributed by atoms with van der Waals surface area (Å²) in [6.45, 7) is 0. The zero-order valence-corrected chi connectivity index (χ0v) is 12.7. The van der Waals surface area contributed by atoms with Crippen molar-refractivity contribution in [3.8, 4) is 0 Å². The first-order chi connectivity index (χ1) is 10.1. The van der Waals surface area contributed by atoms with E-state index >= 15 is 0 Å². The van der Waals surface area contributed by atoms with Gasteiger partial charge in [0.25, 0.3) is 10.0 Å². The molecule has 1 aromatic rings. The van der Waals surface area contributed by atoms with Crippen molar-refractivity contribution in [2.45, 2.75) is 11.3 Å². The van der Waals surface area contributed by atoms with Crippen LogP contribution in [-0.4, -0.2) is 34.2 Å². The van der Waals surface area contributed by atoms with Crippen molar-refractivity contribution in [1.29, 1.82) is 0 Å². The molecule has 0 radical (unpaired) electrons. The molecule has 0 spiro atoms. The van der Waals surface area contributed by atoms with E-state index in [0.717, 1.165) is 6.07 Å². The molecule has 1 aliphatic heterocycles. The first kappa shape index (κ1) is 16.8. The molecule has 2 N–H and O–H groups in total. The molecule has 1 aliphatic rings. The number of halogens is 2. The van der Waals surface area contributed by atoms with E-state index in [2.05, 4.69) is 0 Å². The molecule has 1 heterocycles. The van der Waals surface area contributed by atoms with Crippen molar-refractivity contribution >= 4 is 25.8 Å². The van der Waals surface area contributed by atoms with Crippen molar-refractivity contribution in [3.63, 3.8) is 0 Å². The zero-order chi connectivity index (χ0) is 16.5. The van der Waals surface area contributed by atoms with Crippen LogP contribution in [0.2, 0.25) is 0 Å². The van der Waals surface area contributed by atoms with Crippen LogP contribution in [-0.2, 0) is 24.7 Å². The molecule has 1 aromatic carbocycles. The van der Waals surface area contributed by atoms with E-state index in [-0.39, 0.29) is 17.9 Å². The molecule has 0 bridgehead atoms. The van der Waals surface area contributed by atoms with Gasteiger partial charge in [-0.15, -0.1) is 4.83 Å². The van der Waals surface area contributed by atoms with Gasteiger partial charge in [0.1, 0.15) is 0 Å². The minimum atomic E-state index is -4.29. The molecule has 122 valence electrons. The fourth-order valence-corrected chi connectivity index (χ4v) is 4.52. The molecular weight excluding hydrogens is 342 g/mol. The number of sulfonamides is 1. The van der Waals surface area contributed by atoms with Gasteiger partial charge in [-0.05, 0) is 24.6 Å². The lowest BCUT2D eigenvalue weighted by Gasteiger charge is -2.11. The van der Waals surface area contributed by atoms with Crippen LogP contribution in [0, 0.1) is 17.6 Å². The molecule has 0 unspecified atom stereocenters. The quantitative estimate of drug-likeness (QED) is 0.722. The third kappa shape index (κ3) is 3.78. The normalized spacial score (nSPS) is 20.7. The summed E-state index contributed by atoms with van der Waals surface area (Å²) < 4.78 is 71.9. The lowest BCUT2D eigenvalue weighted by atomic mass is 10.1. The molecule has 22 heavy (non-hydrogen) atoms. The second kappa shape index (κ2) is 5.89. The van der Waals surface area contributed by atoms with Gasteiger partial charge < -0.3 is 0 Å². The number of benzene rings is 1. The molecule has 1 fully saturated rings. The summed E-state index contributed by atoms with van der Waals surface area (Å²) in [7, 11) is -7.58. The van der Waals surface area contributed by atoms with E-state index in [1.807, 2.05) is 5.43 Å². The Balaban J connectivity index is 2.04. The summed E-state index contributed by atoms with van der Waals surface area (Å²) in [5.41, 5.74) is 1.88. The van der Waals surface area contributed by atoms with Crippen LogP contribution in [0.15, 0.2) is 23.1 Å². The third-order valence-electron chi connectivity index (χ3n) is 3.11. The summed E-state index contributed by atoms with van der Waals surface area (Å²) >= 11 is 0. The van der Waals surface area contributed by atoms with Crippen LogP contribution < -0.4 is 10.3 Å². The second-order valence-electron chi connectivity index (χ2n) is 4.77. The first-order valence-electron chi connectivity index (χ1n) is 6.08. The van der Waals surface area contributed by atoms with Crippen molar-refractivity contribution in [2.75, 3.05) is 11.5 Å². The highest BCUT2D eigenvalue weighted by molar-refractivity contribution is 7.91. The van der Waals surface area contributed by atoms with Crippen LogP contribution in [0.25, 0.3) is 0 Å². The Hall–Kier alpha value is -1.59. The summed E-state index contributed by atoms with van der Waals surface area (Å²) in [5, 5.41) is 0. The van der Waals surface area contributed by atoms with Gasteiger partial charge in [-0.1, -0.05) is 0 Å². The summed E-state index contributed by atoms with van der Waals surface area (Å²) in [6.07, 6.45) is 0.0983. The number of hydrogen-bond donors (Lipinski definition) is 2. The number of hydrogen-bond acceptors (Lipinski definition) is 5. The van der Waals surface area contributed by atoms with Gasteiger partial charge in [-0.2, -0.15) is 0 Å². The standard InChI is InChI=1S/C11H12F2N2O5S2/c12-9-2-1-8(5-10(9)13)22(19,20)15-14-11(16)7-3-4-21(17,18)6-7/h1-2,5,7,15H,3-4,6H2,(H,14,16)/t7-/m1/s1. The SMILES string of the molecule is O=C(NNS(=O)(=O)c1ccc(F)c(F)c1)[C@@H]1CCS(=O)(=O)C1. The Labute approximate surface area is 125 Å². The first-order valence-corrected chi connectivity index (χ1v) is 9.38. The van der Waals surface area contributed by atoms with E-state index in [1.54, 1.807) is 4.83 Å². The van der Waals surface area contributed by atoms with Gasteiger partial charge >= 0.3 is 0 Å². The van der Waals surface area contributed by atoms with Crippen molar-refractivity contribution in [2.24, 2.45) is 5.92 Å². The molecule has 1 amide bonds. The number of rotatable bonds is 4. The highest BCUT2D eigenvalue weighted by Crippen LogP contribution is 2.18. The van der Waals surface area contributed by atoms with Gasteiger partial charge in [0.15, 0.2) is 21.5 Å². The highest BCUT2D eigenvalue weighted by Gasteiger charge is 2.33. The van der Waals surface area contributed by atoms with Crippen LogP contribution in [0.5, 0.6) is 0 Å². The fourth-order valence-electron chi connectivity index (χ4n) is 1.92. The molecule has 2 rings (SSSR count). The minimum Gasteiger partial charge on any atom is -0.277 e. The molecule has 0 aromatic heterocycles. The minimum absolute atomic E-state index is 0.0983. The number of hydrazine groups is 1. The highest BCUT2D eigenvalue weighted by atomic mass is 32.2. The monoisotopic (exact) mass is 354 g/mol. The lowest BCUT2D eigenvalue weighted by molar-refractivity contribution is -0.124. The molecule has 1 saturated heterocycles. The van der Waals surface area contributed by atoms with E-state index in [1.165, 1.54) is 0 Å². The predicted octanol–water partition coefficient (Wildman–Crippen LogP) is -0.291. The number of carbonyl (C=O) groups is 1. The van der Waals surface area contributed by atoms with Gasteiger partial charge in [-0.3, -0.25) is 10.2 Å². The Morgan fingerprint density at radius 2 is 1.91 bits per heavy atom. The Morgan fingerprint density at radius 3 is 2.45 bits per heavy atom. The molecule has 7 nitrogen and oxygen atoms in total. The van der Waals surface area contributed by atoms with Gasteiger partial charge in [0.2, 0.25) is 5.91 Å². The molecule has 0 aliphatic carbocycles. The number of sulfone groups is 1. The van der Waals surface area contributed by atoms with Crippen LogP contribution in [0.3, 0.4) is 0 Å². The maximum absolute atomic E-state index is 13.0. The topological polar surface area (TPSA) is 109 Å². The van der Waals surface area contributed by atoms with Crippen LogP contribution in [0.4, 0.5) is 8.78 Å². The maximum atomic E-state index is 13.0. The predicted molar refractivity (Wildman–Crippen MR) is 71.6 cm³/mol. The number of amides is 1. The van der Waals surface area contributed by atoms with E-state index in [4.69, 9.17) is 0 Å². The summed E-state index contributed by atoms with van der Waals surface area (Å²) in [4.78, 5) is 12.8. The Kier molecular flexibility index (Phi) is 4.49. The molecular formula is C11H12F2N2O5S2. The molecule has 11 heteroatoms. The van der Waals surface area contributed by atoms with Gasteiger partial charge in [-0.25, -0.2) is 25.6 Å². The molecule has 1 atom stereocenters. The van der Waals surface area contributed by atoms with Crippen molar-refractivity contribution in [1.82, 2.24) is 10.3 Å². The van der Waals surface area contributed by atoms with E-state index < -0.39 is 48.2 Å². The fraction of sp³-hybridized carbons (Fsp3) is 0.364. The van der Waals surface area contributed by atoms with Crippen LogP contribution in [0.1, 0.15) is 6.42 Å². The van der Waals surface area contributed by atoms with Crippen molar-refractivity contribution < 1.29 is 30.4 Å². The zero-order valence-electron chi connectivity index (χ0n) is 11.0. The second-order valence-corrected chi connectivity index (χ2v) is 8.68. The summed E-state index contributed by atoms with van der Waals surface area (Å²) in [6, 6.07) is 1.92. The maximum Gasteiger partial charge on any atom is 0.257 e. The average Bonchev–Trinajstić information content (AvgIpc) is 2.79. The van der Waals surface area contributed by atoms with Crippen molar-refractivity contribution in [3.05, 3.63) is 29.8 Å². The number of carbonyl (C=O) groups excluding carboxylic acids is 1. The van der Waals surface area contributed by atoms with Gasteiger partial charge in [0.05, 0.1) is 22.3 Å². The van der Waals surface area contributed by atoms with Crippen LogP contribution >= 0.6 is 0 Å². The largest absolute Gasteiger partial charge is 0.277 e. The summed E-state index contributed by atoms with van der Waals surface area (Å²) in [5.74, 6) is -4.70.